The number of carbonyl (C=O) groups is 1. The van der Waals surface area contributed by atoms with Crippen LogP contribution in [0.5, 0.6) is 0 Å². The Balaban J connectivity index is 3.19. The van der Waals surface area contributed by atoms with Gasteiger partial charge in [0.1, 0.15) is 5.54 Å². The zero-order valence-electron chi connectivity index (χ0n) is 10.7. The molecule has 0 aromatic heterocycles. The number of carboxylic acids is 1. The summed E-state index contributed by atoms with van der Waals surface area (Å²) in [5, 5.41) is 12.8. The molecule has 3 heteroatoms. The minimum Gasteiger partial charge on any atom is -0.480 e. The third kappa shape index (κ3) is 3.07. The minimum absolute atomic E-state index is 0.123. The van der Waals surface area contributed by atoms with Crippen molar-refractivity contribution in [3.8, 4) is 0 Å². The first-order valence-electron chi connectivity index (χ1n) is 6.09. The van der Waals surface area contributed by atoms with Gasteiger partial charge in [0, 0.05) is 6.04 Å². The Morgan fingerprint density at radius 2 is 1.94 bits per heavy atom. The van der Waals surface area contributed by atoms with Crippen molar-refractivity contribution in [1.82, 2.24) is 5.32 Å². The molecule has 0 aliphatic rings. The Kier molecular flexibility index (Phi) is 4.70. The molecule has 17 heavy (non-hydrogen) atoms. The molecule has 0 aliphatic carbocycles. The Bertz CT molecular complexity index is 362. The Labute approximate surface area is 103 Å². The van der Waals surface area contributed by atoms with E-state index in [4.69, 9.17) is 0 Å². The van der Waals surface area contributed by atoms with Crippen molar-refractivity contribution in [2.24, 2.45) is 0 Å². The molecular weight excluding hydrogens is 214 g/mol. The van der Waals surface area contributed by atoms with Crippen molar-refractivity contribution in [3.63, 3.8) is 0 Å². The molecule has 3 nitrogen and oxygen atoms in total. The van der Waals surface area contributed by atoms with Gasteiger partial charge < -0.3 is 5.11 Å². The van der Waals surface area contributed by atoms with E-state index in [1.54, 1.807) is 0 Å². The highest BCUT2D eigenvalue weighted by molar-refractivity contribution is 5.80. The summed E-state index contributed by atoms with van der Waals surface area (Å²) in [4.78, 5) is 11.7. The van der Waals surface area contributed by atoms with Gasteiger partial charge in [-0.1, -0.05) is 43.7 Å². The maximum Gasteiger partial charge on any atom is 0.328 e. The van der Waals surface area contributed by atoms with Crippen molar-refractivity contribution >= 4 is 5.97 Å². The molecule has 2 N–H and O–H groups in total. The number of rotatable bonds is 6. The molecule has 0 saturated carbocycles. The molecule has 0 spiro atoms. The van der Waals surface area contributed by atoms with E-state index in [0.29, 0.717) is 6.42 Å². The fourth-order valence-corrected chi connectivity index (χ4v) is 2.18. The van der Waals surface area contributed by atoms with E-state index in [-0.39, 0.29) is 6.04 Å². The molecule has 1 unspecified atom stereocenters. The highest BCUT2D eigenvalue weighted by Crippen LogP contribution is 2.27. The minimum atomic E-state index is -0.968. The van der Waals surface area contributed by atoms with Crippen LogP contribution in [0, 0.1) is 0 Å². The van der Waals surface area contributed by atoms with Gasteiger partial charge in [-0.25, -0.2) is 4.79 Å². The molecule has 0 amide bonds. The molecule has 1 atom stereocenters. The topological polar surface area (TPSA) is 49.3 Å². The van der Waals surface area contributed by atoms with Crippen LogP contribution in [0.25, 0.3) is 0 Å². The Morgan fingerprint density at radius 3 is 2.35 bits per heavy atom. The van der Waals surface area contributed by atoms with Gasteiger partial charge in [0.2, 0.25) is 0 Å². The highest BCUT2D eigenvalue weighted by atomic mass is 16.4. The lowest BCUT2D eigenvalue weighted by molar-refractivity contribution is -0.146. The summed E-state index contributed by atoms with van der Waals surface area (Å²) in [6.07, 6.45) is 1.41. The van der Waals surface area contributed by atoms with E-state index in [1.165, 1.54) is 0 Å². The first-order chi connectivity index (χ1) is 8.03. The summed E-state index contributed by atoms with van der Waals surface area (Å²) in [6, 6.07) is 9.53. The molecule has 0 bridgehead atoms. The fourth-order valence-electron chi connectivity index (χ4n) is 2.18. The van der Waals surface area contributed by atoms with Crippen molar-refractivity contribution in [1.29, 1.82) is 0 Å². The number of hydrogen-bond acceptors (Lipinski definition) is 2. The summed E-state index contributed by atoms with van der Waals surface area (Å²) in [7, 11) is 0. The Hall–Kier alpha value is -1.35. The maximum absolute atomic E-state index is 11.7. The average molecular weight is 235 g/mol. The molecule has 0 saturated heterocycles. The summed E-state index contributed by atoms with van der Waals surface area (Å²) >= 11 is 0. The monoisotopic (exact) mass is 235 g/mol. The van der Waals surface area contributed by atoms with Gasteiger partial charge in [0.05, 0.1) is 0 Å². The predicted octanol–water partition coefficient (Wildman–Crippen LogP) is 2.76. The molecule has 0 heterocycles. The van der Waals surface area contributed by atoms with Crippen LogP contribution in [0.4, 0.5) is 0 Å². The van der Waals surface area contributed by atoms with E-state index < -0.39 is 11.5 Å². The van der Waals surface area contributed by atoms with Gasteiger partial charge in [0.15, 0.2) is 0 Å². The standard InChI is InChI=1S/C14H21NO2/c1-4-10-14(13(16)17,15-11(2)3)12-8-6-5-7-9-12/h5-9,11,15H,4,10H2,1-3H3,(H,16,17). The lowest BCUT2D eigenvalue weighted by Crippen LogP contribution is -2.52. The fraction of sp³-hybridized carbons (Fsp3) is 0.500. The van der Waals surface area contributed by atoms with Crippen molar-refractivity contribution < 1.29 is 9.90 Å². The van der Waals surface area contributed by atoms with E-state index in [2.05, 4.69) is 5.32 Å². The van der Waals surface area contributed by atoms with Crippen molar-refractivity contribution in [2.75, 3.05) is 0 Å². The van der Waals surface area contributed by atoms with E-state index in [9.17, 15) is 9.90 Å². The van der Waals surface area contributed by atoms with Crippen molar-refractivity contribution in [3.05, 3.63) is 35.9 Å². The SMILES string of the molecule is CCCC(NC(C)C)(C(=O)O)c1ccccc1. The zero-order valence-corrected chi connectivity index (χ0v) is 10.7. The second kappa shape index (κ2) is 5.82. The van der Waals surface area contributed by atoms with Crippen LogP contribution in [0.2, 0.25) is 0 Å². The summed E-state index contributed by atoms with van der Waals surface area (Å²) in [5.41, 5.74) is -0.146. The zero-order chi connectivity index (χ0) is 12.9. The lowest BCUT2D eigenvalue weighted by Gasteiger charge is -2.33. The van der Waals surface area contributed by atoms with Crippen LogP contribution < -0.4 is 5.32 Å². The molecule has 1 rings (SSSR count). The van der Waals surface area contributed by atoms with Crippen LogP contribution in [0.1, 0.15) is 39.2 Å². The van der Waals surface area contributed by atoms with Crippen molar-refractivity contribution in [2.45, 2.75) is 45.2 Å². The maximum atomic E-state index is 11.7. The number of carboxylic acid groups (broad SMARTS) is 1. The van der Waals surface area contributed by atoms with Gasteiger partial charge in [0.25, 0.3) is 0 Å². The first-order valence-corrected chi connectivity index (χ1v) is 6.09. The van der Waals surface area contributed by atoms with Crippen LogP contribution in [-0.4, -0.2) is 17.1 Å². The largest absolute Gasteiger partial charge is 0.480 e. The molecule has 1 aromatic rings. The molecule has 94 valence electrons. The molecule has 0 radical (unpaired) electrons. The van der Waals surface area contributed by atoms with Gasteiger partial charge in [-0.2, -0.15) is 0 Å². The van der Waals surface area contributed by atoms with Gasteiger partial charge in [-0.15, -0.1) is 0 Å². The molecule has 1 aromatic carbocycles. The Morgan fingerprint density at radius 1 is 1.35 bits per heavy atom. The normalized spacial score (nSPS) is 14.6. The molecule has 0 aliphatic heterocycles. The van der Waals surface area contributed by atoms with Gasteiger partial charge in [-0.3, -0.25) is 5.32 Å². The van der Waals surface area contributed by atoms with Gasteiger partial charge >= 0.3 is 5.97 Å². The van der Waals surface area contributed by atoms with Crippen LogP contribution in [0.15, 0.2) is 30.3 Å². The summed E-state index contributed by atoms with van der Waals surface area (Å²) < 4.78 is 0. The van der Waals surface area contributed by atoms with E-state index >= 15 is 0 Å². The summed E-state index contributed by atoms with van der Waals surface area (Å²) in [6.45, 7) is 5.94. The number of hydrogen-bond donors (Lipinski definition) is 2. The number of nitrogens with one attached hydrogen (secondary N) is 1. The highest BCUT2D eigenvalue weighted by Gasteiger charge is 2.39. The number of benzene rings is 1. The predicted molar refractivity (Wildman–Crippen MR) is 68.9 cm³/mol. The third-order valence-corrected chi connectivity index (χ3v) is 2.79. The van der Waals surface area contributed by atoms with Gasteiger partial charge in [-0.05, 0) is 25.8 Å². The molecular formula is C14H21NO2. The van der Waals surface area contributed by atoms with Crippen LogP contribution in [0.3, 0.4) is 0 Å². The average Bonchev–Trinajstić information content (AvgIpc) is 2.28. The van der Waals surface area contributed by atoms with E-state index in [0.717, 1.165) is 12.0 Å². The first kappa shape index (κ1) is 13.7. The lowest BCUT2D eigenvalue weighted by atomic mass is 9.85. The van der Waals surface area contributed by atoms with E-state index in [1.807, 2.05) is 51.1 Å². The summed E-state index contributed by atoms with van der Waals surface area (Å²) in [5.74, 6) is -0.806. The second-order valence-electron chi connectivity index (χ2n) is 4.63. The molecule has 0 fully saturated rings. The van der Waals surface area contributed by atoms with Crippen LogP contribution in [-0.2, 0) is 10.3 Å². The van der Waals surface area contributed by atoms with Crippen LogP contribution >= 0.6 is 0 Å². The number of aliphatic carboxylic acids is 1. The third-order valence-electron chi connectivity index (χ3n) is 2.79. The smallest absolute Gasteiger partial charge is 0.328 e. The quantitative estimate of drug-likeness (QED) is 0.797. The second-order valence-corrected chi connectivity index (χ2v) is 4.63.